The van der Waals surface area contributed by atoms with E-state index >= 15 is 0 Å². The number of hydrogen-bond acceptors (Lipinski definition) is 10. The van der Waals surface area contributed by atoms with Gasteiger partial charge in [-0.2, -0.15) is 0 Å². The first kappa shape index (κ1) is 25.2. The van der Waals surface area contributed by atoms with Crippen LogP contribution in [0, 0.1) is 0 Å². The summed E-state index contributed by atoms with van der Waals surface area (Å²) in [6.45, 7) is 4.96. The molecule has 0 aliphatic carbocycles. The summed E-state index contributed by atoms with van der Waals surface area (Å²) >= 11 is 4.92. The standard InChI is InChI=1S/C16H24N2O9S/c1-7(19)18-13(16(17)28)15(27-11(5)23)14(26-10(4)22)12(25-9(3)21)6-24-8(2)20/h12-15H,6H2,1-5H3,(H2,17,28)(H,18,19)/t12-,13-,14-,15-/m1/s1. The average molecular weight is 420 g/mol. The highest BCUT2D eigenvalue weighted by Crippen LogP contribution is 2.18. The minimum absolute atomic E-state index is 0.285. The largest absolute Gasteiger partial charge is 0.462 e. The molecule has 4 atom stereocenters. The van der Waals surface area contributed by atoms with Gasteiger partial charge in [0.15, 0.2) is 18.3 Å². The average Bonchev–Trinajstić information content (AvgIpc) is 2.51. The molecule has 0 saturated carbocycles. The van der Waals surface area contributed by atoms with Gasteiger partial charge in [-0.3, -0.25) is 24.0 Å². The third-order valence-electron chi connectivity index (χ3n) is 3.06. The van der Waals surface area contributed by atoms with E-state index < -0.39 is 60.7 Å². The Kier molecular flexibility index (Phi) is 10.7. The van der Waals surface area contributed by atoms with E-state index in [1.165, 1.54) is 6.92 Å². The lowest BCUT2D eigenvalue weighted by molar-refractivity contribution is -0.190. The highest BCUT2D eigenvalue weighted by atomic mass is 32.1. The van der Waals surface area contributed by atoms with Crippen LogP contribution in [-0.4, -0.2) is 65.7 Å². The maximum atomic E-state index is 11.6. The number of ether oxygens (including phenoxy) is 4. The molecule has 0 aliphatic heterocycles. The SMILES string of the molecule is CC(=O)N[C@@H](C(N)=S)[C@@H](OC(C)=O)[C@H](OC(C)=O)[C@@H](COC(C)=O)OC(C)=O. The Balaban J connectivity index is 6.18. The summed E-state index contributed by atoms with van der Waals surface area (Å²) in [4.78, 5) is 57.1. The lowest BCUT2D eigenvalue weighted by atomic mass is 10.00. The van der Waals surface area contributed by atoms with Crippen LogP contribution < -0.4 is 11.1 Å². The molecule has 0 fully saturated rings. The zero-order valence-electron chi connectivity index (χ0n) is 16.2. The molecule has 0 aromatic heterocycles. The van der Waals surface area contributed by atoms with Crippen LogP contribution in [0.15, 0.2) is 0 Å². The third kappa shape index (κ3) is 9.80. The molecule has 0 heterocycles. The van der Waals surface area contributed by atoms with E-state index in [1.807, 2.05) is 0 Å². The van der Waals surface area contributed by atoms with E-state index in [1.54, 1.807) is 0 Å². The quantitative estimate of drug-likeness (QED) is 0.257. The number of carbonyl (C=O) groups is 5. The molecular formula is C16H24N2O9S. The van der Waals surface area contributed by atoms with E-state index in [9.17, 15) is 24.0 Å². The van der Waals surface area contributed by atoms with Gasteiger partial charge in [0.2, 0.25) is 5.91 Å². The van der Waals surface area contributed by atoms with Gasteiger partial charge in [-0.1, -0.05) is 12.2 Å². The van der Waals surface area contributed by atoms with Crippen LogP contribution >= 0.6 is 12.2 Å². The molecule has 0 aliphatic rings. The number of amides is 1. The molecule has 0 rings (SSSR count). The molecule has 0 saturated heterocycles. The van der Waals surface area contributed by atoms with E-state index in [0.717, 1.165) is 27.7 Å². The number of esters is 4. The number of carbonyl (C=O) groups excluding carboxylic acids is 5. The van der Waals surface area contributed by atoms with Gasteiger partial charge in [0, 0.05) is 34.6 Å². The Labute approximate surface area is 167 Å². The summed E-state index contributed by atoms with van der Waals surface area (Å²) in [5.74, 6) is -3.70. The molecule has 12 heteroatoms. The number of nitrogens with one attached hydrogen (secondary N) is 1. The lowest BCUT2D eigenvalue weighted by Gasteiger charge is -2.35. The summed E-state index contributed by atoms with van der Waals surface area (Å²) in [7, 11) is 0. The molecule has 3 N–H and O–H groups in total. The van der Waals surface area contributed by atoms with Crippen molar-refractivity contribution in [1.82, 2.24) is 5.32 Å². The van der Waals surface area contributed by atoms with Gasteiger partial charge < -0.3 is 30.0 Å². The van der Waals surface area contributed by atoms with Crippen molar-refractivity contribution in [1.29, 1.82) is 0 Å². The molecule has 28 heavy (non-hydrogen) atoms. The van der Waals surface area contributed by atoms with Gasteiger partial charge in [0.05, 0.1) is 4.99 Å². The lowest BCUT2D eigenvalue weighted by Crippen LogP contribution is -2.60. The van der Waals surface area contributed by atoms with Crippen LogP contribution in [0.1, 0.15) is 34.6 Å². The Morgan fingerprint density at radius 2 is 1.29 bits per heavy atom. The van der Waals surface area contributed by atoms with E-state index in [0.29, 0.717) is 0 Å². The molecule has 1 amide bonds. The van der Waals surface area contributed by atoms with Crippen molar-refractivity contribution < 1.29 is 42.9 Å². The summed E-state index contributed by atoms with van der Waals surface area (Å²) < 4.78 is 20.3. The fraction of sp³-hybridized carbons (Fsp3) is 0.625. The van der Waals surface area contributed by atoms with Gasteiger partial charge >= 0.3 is 23.9 Å². The molecule has 0 spiro atoms. The maximum absolute atomic E-state index is 11.6. The molecule has 0 aromatic rings. The van der Waals surface area contributed by atoms with Gasteiger partial charge in [-0.05, 0) is 0 Å². The van der Waals surface area contributed by atoms with Crippen LogP contribution in [-0.2, 0) is 42.9 Å². The minimum Gasteiger partial charge on any atom is -0.462 e. The zero-order valence-corrected chi connectivity index (χ0v) is 17.0. The van der Waals surface area contributed by atoms with Crippen molar-refractivity contribution in [2.24, 2.45) is 5.73 Å². The number of hydrogen-bond donors (Lipinski definition) is 2. The summed E-state index contributed by atoms with van der Waals surface area (Å²) in [6.07, 6.45) is -4.34. The minimum atomic E-state index is -1.50. The van der Waals surface area contributed by atoms with Crippen molar-refractivity contribution in [3.63, 3.8) is 0 Å². The zero-order chi connectivity index (χ0) is 22.0. The monoisotopic (exact) mass is 420 g/mol. The second-order valence-corrected chi connectivity index (χ2v) is 6.15. The maximum Gasteiger partial charge on any atom is 0.303 e. The normalized spacial score (nSPS) is 14.5. The first-order valence-electron chi connectivity index (χ1n) is 8.06. The molecule has 0 bridgehead atoms. The predicted octanol–water partition coefficient (Wildman–Crippen LogP) is -0.865. The van der Waals surface area contributed by atoms with Crippen LogP contribution in [0.3, 0.4) is 0 Å². The van der Waals surface area contributed by atoms with Gasteiger partial charge in [0.1, 0.15) is 12.6 Å². The predicted molar refractivity (Wildman–Crippen MR) is 97.7 cm³/mol. The molecule has 0 radical (unpaired) electrons. The van der Waals surface area contributed by atoms with Crippen molar-refractivity contribution in [3.8, 4) is 0 Å². The molecule has 0 aromatic carbocycles. The Bertz CT molecular complexity index is 638. The first-order chi connectivity index (χ1) is 12.8. The van der Waals surface area contributed by atoms with Crippen molar-refractivity contribution in [2.45, 2.75) is 59.0 Å². The van der Waals surface area contributed by atoms with Gasteiger partial charge in [0.25, 0.3) is 0 Å². The second kappa shape index (κ2) is 11.8. The highest BCUT2D eigenvalue weighted by molar-refractivity contribution is 7.80. The van der Waals surface area contributed by atoms with E-state index in [4.69, 9.17) is 36.9 Å². The number of rotatable bonds is 10. The van der Waals surface area contributed by atoms with Crippen LogP contribution in [0.5, 0.6) is 0 Å². The molecule has 0 unspecified atom stereocenters. The van der Waals surface area contributed by atoms with Gasteiger partial charge in [-0.25, -0.2) is 0 Å². The third-order valence-corrected chi connectivity index (χ3v) is 3.31. The first-order valence-corrected chi connectivity index (χ1v) is 8.47. The van der Waals surface area contributed by atoms with Crippen molar-refractivity contribution in [3.05, 3.63) is 0 Å². The Morgan fingerprint density at radius 1 is 0.821 bits per heavy atom. The van der Waals surface area contributed by atoms with Crippen LogP contribution in [0.4, 0.5) is 0 Å². The van der Waals surface area contributed by atoms with E-state index in [-0.39, 0.29) is 4.99 Å². The summed E-state index contributed by atoms with van der Waals surface area (Å²) in [6, 6.07) is -1.27. The highest BCUT2D eigenvalue weighted by Gasteiger charge is 2.43. The van der Waals surface area contributed by atoms with Crippen LogP contribution in [0.25, 0.3) is 0 Å². The fourth-order valence-electron chi connectivity index (χ4n) is 2.21. The summed E-state index contributed by atoms with van der Waals surface area (Å²) in [5.41, 5.74) is 5.65. The second-order valence-electron chi connectivity index (χ2n) is 5.68. The number of nitrogens with two attached hydrogens (primary N) is 1. The number of thiocarbonyl (C=S) groups is 1. The Hall–Kier alpha value is -2.76. The van der Waals surface area contributed by atoms with Crippen LogP contribution in [0.2, 0.25) is 0 Å². The smallest absolute Gasteiger partial charge is 0.303 e. The Morgan fingerprint density at radius 3 is 1.64 bits per heavy atom. The topological polar surface area (TPSA) is 160 Å². The molecular weight excluding hydrogens is 396 g/mol. The summed E-state index contributed by atoms with van der Waals surface area (Å²) in [5, 5.41) is 2.39. The van der Waals surface area contributed by atoms with Gasteiger partial charge in [-0.15, -0.1) is 0 Å². The van der Waals surface area contributed by atoms with E-state index in [2.05, 4.69) is 5.32 Å². The molecule has 11 nitrogen and oxygen atoms in total. The molecule has 158 valence electrons. The van der Waals surface area contributed by atoms with Crippen molar-refractivity contribution >= 4 is 47.0 Å². The van der Waals surface area contributed by atoms with Crippen molar-refractivity contribution in [2.75, 3.05) is 6.61 Å². The fourth-order valence-corrected chi connectivity index (χ4v) is 2.40.